The molecule has 0 aliphatic heterocycles. The molecule has 0 bridgehead atoms. The number of sulfonamides is 1. The van der Waals surface area contributed by atoms with E-state index >= 15 is 0 Å². The summed E-state index contributed by atoms with van der Waals surface area (Å²) < 4.78 is 32.1. The molecule has 0 aromatic heterocycles. The molecule has 0 radical (unpaired) electrons. The lowest BCUT2D eigenvalue weighted by molar-refractivity contribution is -0.123. The fourth-order valence-electron chi connectivity index (χ4n) is 2.43. The maximum absolute atomic E-state index is 12.1. The summed E-state index contributed by atoms with van der Waals surface area (Å²) in [5, 5.41) is 2.63. The molecule has 0 fully saturated rings. The predicted molar refractivity (Wildman–Crippen MR) is 105 cm³/mol. The van der Waals surface area contributed by atoms with Crippen molar-refractivity contribution in [2.75, 3.05) is 19.7 Å². The average molecular weight is 391 g/mol. The molecule has 0 aliphatic carbocycles. The number of carbonyl (C=O) groups is 1. The molecule has 0 unspecified atom stereocenters. The Hall–Kier alpha value is -2.38. The summed E-state index contributed by atoms with van der Waals surface area (Å²) >= 11 is 0. The van der Waals surface area contributed by atoms with E-state index in [1.54, 1.807) is 24.3 Å². The number of aryl methyl sites for hydroxylation is 2. The minimum atomic E-state index is -3.57. The zero-order chi connectivity index (χ0) is 19.7. The minimum Gasteiger partial charge on any atom is -0.484 e. The van der Waals surface area contributed by atoms with Crippen LogP contribution in [0.15, 0.2) is 53.4 Å². The zero-order valence-electron chi connectivity index (χ0n) is 15.7. The first-order chi connectivity index (χ1) is 12.9. The van der Waals surface area contributed by atoms with Crippen LogP contribution in [0, 0.1) is 6.92 Å². The first kappa shape index (κ1) is 20.9. The Labute approximate surface area is 161 Å². The maximum Gasteiger partial charge on any atom is 0.257 e. The summed E-state index contributed by atoms with van der Waals surface area (Å²) in [7, 11) is -3.57. The topological polar surface area (TPSA) is 84.5 Å². The number of ether oxygens (including phenoxy) is 1. The van der Waals surface area contributed by atoms with Gasteiger partial charge in [-0.3, -0.25) is 4.79 Å². The summed E-state index contributed by atoms with van der Waals surface area (Å²) in [5.74, 6) is 0.326. The van der Waals surface area contributed by atoms with Crippen molar-refractivity contribution in [2.24, 2.45) is 0 Å². The monoisotopic (exact) mass is 390 g/mol. The van der Waals surface area contributed by atoms with Gasteiger partial charge >= 0.3 is 0 Å². The first-order valence-electron chi connectivity index (χ1n) is 8.95. The maximum atomic E-state index is 12.1. The number of hydrogen-bond acceptors (Lipinski definition) is 4. The highest BCUT2D eigenvalue weighted by Crippen LogP contribution is 2.13. The Morgan fingerprint density at radius 2 is 1.67 bits per heavy atom. The van der Waals surface area contributed by atoms with Gasteiger partial charge in [0.2, 0.25) is 10.0 Å². The van der Waals surface area contributed by atoms with Gasteiger partial charge in [-0.05, 0) is 43.2 Å². The summed E-state index contributed by atoms with van der Waals surface area (Å²) in [6.45, 7) is 4.19. The van der Waals surface area contributed by atoms with Crippen LogP contribution in [-0.4, -0.2) is 34.0 Å². The molecule has 2 rings (SSSR count). The Bertz CT molecular complexity index is 831. The van der Waals surface area contributed by atoms with E-state index in [4.69, 9.17) is 4.74 Å². The Morgan fingerprint density at radius 3 is 2.30 bits per heavy atom. The van der Waals surface area contributed by atoms with Crippen LogP contribution >= 0.6 is 0 Å². The van der Waals surface area contributed by atoms with Crippen LogP contribution in [-0.2, 0) is 21.2 Å². The predicted octanol–water partition coefficient (Wildman–Crippen LogP) is 2.42. The summed E-state index contributed by atoms with van der Waals surface area (Å²) in [6.07, 6.45) is 2.09. The molecule has 2 aromatic carbocycles. The zero-order valence-corrected chi connectivity index (χ0v) is 16.5. The molecule has 146 valence electrons. The Kier molecular flexibility index (Phi) is 7.82. The lowest BCUT2D eigenvalue weighted by atomic mass is 10.1. The van der Waals surface area contributed by atoms with E-state index in [1.807, 2.05) is 31.2 Å². The Balaban J connectivity index is 1.69. The highest BCUT2D eigenvalue weighted by atomic mass is 32.2. The second kappa shape index (κ2) is 10.1. The van der Waals surface area contributed by atoms with Gasteiger partial charge in [-0.1, -0.05) is 43.2 Å². The van der Waals surface area contributed by atoms with Crippen molar-refractivity contribution >= 4 is 15.9 Å². The van der Waals surface area contributed by atoms with Gasteiger partial charge in [-0.25, -0.2) is 13.1 Å². The molecular weight excluding hydrogens is 364 g/mol. The SMILES string of the molecule is CCCc1ccc(OCC(=O)NCCNS(=O)(=O)c2ccc(C)cc2)cc1. The lowest BCUT2D eigenvalue weighted by Crippen LogP contribution is -2.36. The van der Waals surface area contributed by atoms with E-state index in [0.29, 0.717) is 5.75 Å². The second-order valence-corrected chi connectivity index (χ2v) is 8.01. The molecule has 0 saturated heterocycles. The van der Waals surface area contributed by atoms with Crippen LogP contribution < -0.4 is 14.8 Å². The summed E-state index contributed by atoms with van der Waals surface area (Å²) in [6, 6.07) is 14.2. The fourth-order valence-corrected chi connectivity index (χ4v) is 3.46. The van der Waals surface area contributed by atoms with Crippen molar-refractivity contribution in [2.45, 2.75) is 31.6 Å². The van der Waals surface area contributed by atoms with Crippen LogP contribution in [0.4, 0.5) is 0 Å². The highest BCUT2D eigenvalue weighted by Gasteiger charge is 2.12. The van der Waals surface area contributed by atoms with E-state index in [1.165, 1.54) is 5.56 Å². The van der Waals surface area contributed by atoms with Crippen molar-refractivity contribution in [1.82, 2.24) is 10.0 Å². The third kappa shape index (κ3) is 7.03. The molecular formula is C20H26N2O4S. The van der Waals surface area contributed by atoms with Crippen molar-refractivity contribution in [3.63, 3.8) is 0 Å². The van der Waals surface area contributed by atoms with Crippen molar-refractivity contribution in [1.29, 1.82) is 0 Å². The number of amides is 1. The molecule has 1 amide bonds. The quantitative estimate of drug-likeness (QED) is 0.610. The van der Waals surface area contributed by atoms with Crippen LogP contribution in [0.3, 0.4) is 0 Å². The summed E-state index contributed by atoms with van der Waals surface area (Å²) in [4.78, 5) is 12.0. The normalized spacial score (nSPS) is 11.2. The van der Waals surface area contributed by atoms with Gasteiger partial charge < -0.3 is 10.1 Å². The van der Waals surface area contributed by atoms with Crippen molar-refractivity contribution in [3.8, 4) is 5.75 Å². The van der Waals surface area contributed by atoms with Crippen LogP contribution in [0.2, 0.25) is 0 Å². The number of carbonyl (C=O) groups excluding carboxylic acids is 1. The van der Waals surface area contributed by atoms with Crippen LogP contribution in [0.5, 0.6) is 5.75 Å². The van der Waals surface area contributed by atoms with Gasteiger partial charge in [0.1, 0.15) is 5.75 Å². The molecule has 0 aliphatic rings. The van der Waals surface area contributed by atoms with Crippen molar-refractivity contribution < 1.29 is 17.9 Å². The van der Waals surface area contributed by atoms with Crippen LogP contribution in [0.1, 0.15) is 24.5 Å². The van der Waals surface area contributed by atoms with Gasteiger partial charge in [0.15, 0.2) is 6.61 Å². The standard InChI is InChI=1S/C20H26N2O4S/c1-3-4-17-7-9-18(10-8-17)26-15-20(23)21-13-14-22-27(24,25)19-11-5-16(2)6-12-19/h5-12,22H,3-4,13-15H2,1-2H3,(H,21,23). The average Bonchev–Trinajstić information content (AvgIpc) is 2.65. The molecule has 27 heavy (non-hydrogen) atoms. The van der Waals surface area contributed by atoms with E-state index in [2.05, 4.69) is 17.0 Å². The molecule has 6 nitrogen and oxygen atoms in total. The van der Waals surface area contributed by atoms with E-state index in [0.717, 1.165) is 18.4 Å². The third-order valence-electron chi connectivity index (χ3n) is 3.90. The number of benzene rings is 2. The lowest BCUT2D eigenvalue weighted by Gasteiger charge is -2.09. The molecule has 2 N–H and O–H groups in total. The van der Waals surface area contributed by atoms with E-state index in [9.17, 15) is 13.2 Å². The molecule has 0 heterocycles. The number of hydrogen-bond donors (Lipinski definition) is 2. The van der Waals surface area contributed by atoms with Gasteiger partial charge in [0, 0.05) is 13.1 Å². The van der Waals surface area contributed by atoms with Gasteiger partial charge in [0.05, 0.1) is 4.90 Å². The summed E-state index contributed by atoms with van der Waals surface area (Å²) in [5.41, 5.74) is 2.22. The van der Waals surface area contributed by atoms with Crippen LogP contribution in [0.25, 0.3) is 0 Å². The van der Waals surface area contributed by atoms with Gasteiger partial charge in [0.25, 0.3) is 5.91 Å². The van der Waals surface area contributed by atoms with E-state index in [-0.39, 0.29) is 30.5 Å². The molecule has 2 aromatic rings. The Morgan fingerprint density at radius 1 is 1.00 bits per heavy atom. The first-order valence-corrected chi connectivity index (χ1v) is 10.4. The van der Waals surface area contributed by atoms with Crippen molar-refractivity contribution in [3.05, 3.63) is 59.7 Å². The van der Waals surface area contributed by atoms with E-state index < -0.39 is 10.0 Å². The number of nitrogens with one attached hydrogen (secondary N) is 2. The third-order valence-corrected chi connectivity index (χ3v) is 5.38. The minimum absolute atomic E-state index is 0.105. The molecule has 0 spiro atoms. The molecule has 0 atom stereocenters. The number of rotatable bonds is 10. The molecule has 0 saturated carbocycles. The van der Waals surface area contributed by atoms with Gasteiger partial charge in [-0.2, -0.15) is 0 Å². The fraction of sp³-hybridized carbons (Fsp3) is 0.350. The molecule has 7 heteroatoms. The smallest absolute Gasteiger partial charge is 0.257 e. The second-order valence-electron chi connectivity index (χ2n) is 6.24. The van der Waals surface area contributed by atoms with Gasteiger partial charge in [-0.15, -0.1) is 0 Å². The largest absolute Gasteiger partial charge is 0.484 e. The highest BCUT2D eigenvalue weighted by molar-refractivity contribution is 7.89.